The number of rotatable bonds is 8. The molecule has 0 bridgehead atoms. The molecule has 1 fully saturated rings. The first-order valence-corrected chi connectivity index (χ1v) is 10.8. The smallest absolute Gasteiger partial charge is 0.335 e. The van der Waals surface area contributed by atoms with Gasteiger partial charge in [-0.1, -0.05) is 6.07 Å². The van der Waals surface area contributed by atoms with Gasteiger partial charge in [0.25, 0.3) is 5.91 Å². The van der Waals surface area contributed by atoms with Crippen LogP contribution in [-0.4, -0.2) is 46.8 Å². The van der Waals surface area contributed by atoms with Crippen molar-refractivity contribution in [2.45, 2.75) is 20.8 Å². The molecule has 1 heterocycles. The average Bonchev–Trinajstić information content (AvgIpc) is 3.04. The van der Waals surface area contributed by atoms with Gasteiger partial charge in [-0.05, 0) is 80.6 Å². The van der Waals surface area contributed by atoms with Gasteiger partial charge in [0.05, 0.1) is 29.4 Å². The lowest BCUT2D eigenvalue weighted by molar-refractivity contribution is -0.122. The number of likely N-dealkylation sites (N-methyl/N-ethyl adjacent to an activating group) is 1. The first-order chi connectivity index (χ1) is 15.0. The van der Waals surface area contributed by atoms with Gasteiger partial charge in [-0.25, -0.2) is 9.79 Å². The van der Waals surface area contributed by atoms with Crippen LogP contribution in [0, 0.1) is 0 Å². The molecule has 1 amide bonds. The number of carbonyl (C=O) groups is 2. The predicted octanol–water partition coefficient (Wildman–Crippen LogP) is 4.81. The maximum atomic E-state index is 12.9. The first-order valence-electron chi connectivity index (χ1n) is 9.99. The van der Waals surface area contributed by atoms with E-state index in [0.717, 1.165) is 5.56 Å². The normalized spacial score (nSPS) is 16.2. The second-order valence-corrected chi connectivity index (χ2v) is 7.49. The highest BCUT2D eigenvalue weighted by Gasteiger charge is 2.32. The molecule has 0 radical (unpaired) electrons. The van der Waals surface area contributed by atoms with Crippen molar-refractivity contribution < 1.29 is 24.2 Å². The fraction of sp³-hybridized carbons (Fsp3) is 0.261. The summed E-state index contributed by atoms with van der Waals surface area (Å²) in [6.07, 6.45) is 1.81. The van der Waals surface area contributed by atoms with E-state index in [9.17, 15) is 9.59 Å². The molecule has 1 saturated heterocycles. The van der Waals surface area contributed by atoms with Gasteiger partial charge >= 0.3 is 5.97 Å². The Balaban J connectivity index is 1.89. The van der Waals surface area contributed by atoms with Crippen LogP contribution in [-0.2, 0) is 4.79 Å². The van der Waals surface area contributed by atoms with Crippen LogP contribution in [0.5, 0.6) is 11.5 Å². The van der Waals surface area contributed by atoms with Crippen LogP contribution in [0.25, 0.3) is 6.08 Å². The van der Waals surface area contributed by atoms with Gasteiger partial charge in [0.2, 0.25) is 0 Å². The van der Waals surface area contributed by atoms with E-state index in [0.29, 0.717) is 47.0 Å². The Morgan fingerprint density at radius 1 is 1.06 bits per heavy atom. The lowest BCUT2D eigenvalue weighted by Crippen LogP contribution is -2.28. The third kappa shape index (κ3) is 5.27. The number of amides is 1. The molecule has 0 aliphatic carbocycles. The van der Waals surface area contributed by atoms with E-state index in [1.807, 2.05) is 45.0 Å². The van der Waals surface area contributed by atoms with Crippen molar-refractivity contribution in [2.75, 3.05) is 19.8 Å². The summed E-state index contributed by atoms with van der Waals surface area (Å²) in [4.78, 5) is 30.6. The van der Waals surface area contributed by atoms with Crippen LogP contribution < -0.4 is 9.47 Å². The summed E-state index contributed by atoms with van der Waals surface area (Å²) in [5.74, 6) is 0.181. The van der Waals surface area contributed by atoms with Gasteiger partial charge in [-0.3, -0.25) is 9.69 Å². The van der Waals surface area contributed by atoms with Gasteiger partial charge in [-0.2, -0.15) is 0 Å². The van der Waals surface area contributed by atoms with E-state index in [4.69, 9.17) is 14.6 Å². The SMILES string of the molecule is CCOc1ccc(C=C2SC(=Nc3ccc(C(=O)O)cc3)N(CC)C2=O)cc1OCC. The molecule has 2 aromatic rings. The second-order valence-electron chi connectivity index (χ2n) is 6.48. The van der Waals surface area contributed by atoms with Gasteiger partial charge in [0.1, 0.15) is 0 Å². The van der Waals surface area contributed by atoms with Crippen LogP contribution in [0.2, 0.25) is 0 Å². The molecule has 7 nitrogen and oxygen atoms in total. The summed E-state index contributed by atoms with van der Waals surface area (Å²) >= 11 is 1.28. The number of thioether (sulfide) groups is 1. The van der Waals surface area contributed by atoms with Crippen molar-refractivity contribution in [1.82, 2.24) is 4.90 Å². The molecular formula is C23H24N2O5S. The van der Waals surface area contributed by atoms with E-state index >= 15 is 0 Å². The maximum absolute atomic E-state index is 12.9. The zero-order valence-electron chi connectivity index (χ0n) is 17.6. The zero-order valence-corrected chi connectivity index (χ0v) is 18.4. The van der Waals surface area contributed by atoms with Crippen LogP contribution >= 0.6 is 11.8 Å². The molecule has 3 rings (SSSR count). The summed E-state index contributed by atoms with van der Waals surface area (Å²) in [5, 5.41) is 9.59. The minimum absolute atomic E-state index is 0.125. The van der Waals surface area contributed by atoms with Crippen molar-refractivity contribution in [3.63, 3.8) is 0 Å². The van der Waals surface area contributed by atoms with Crippen molar-refractivity contribution in [1.29, 1.82) is 0 Å². The molecule has 8 heteroatoms. The van der Waals surface area contributed by atoms with E-state index in [-0.39, 0.29) is 11.5 Å². The fourth-order valence-electron chi connectivity index (χ4n) is 2.97. The number of hydrogen-bond acceptors (Lipinski definition) is 6. The number of carboxylic acid groups (broad SMARTS) is 1. The highest BCUT2D eigenvalue weighted by molar-refractivity contribution is 8.18. The Kier molecular flexibility index (Phi) is 7.36. The molecule has 162 valence electrons. The van der Waals surface area contributed by atoms with Gasteiger partial charge in [-0.15, -0.1) is 0 Å². The highest BCUT2D eigenvalue weighted by atomic mass is 32.2. The topological polar surface area (TPSA) is 88.4 Å². The van der Waals surface area contributed by atoms with Gasteiger partial charge in [0.15, 0.2) is 16.7 Å². The molecule has 0 aromatic heterocycles. The van der Waals surface area contributed by atoms with E-state index in [1.165, 1.54) is 23.9 Å². The quantitative estimate of drug-likeness (QED) is 0.593. The lowest BCUT2D eigenvalue weighted by atomic mass is 10.2. The van der Waals surface area contributed by atoms with E-state index in [1.54, 1.807) is 17.0 Å². The van der Waals surface area contributed by atoms with E-state index < -0.39 is 5.97 Å². The standard InChI is InChI=1S/C23H24N2O5S/c1-4-25-21(26)20(14-15-7-12-18(29-5-2)19(13-15)30-6-3)31-23(25)24-17-10-8-16(9-11-17)22(27)28/h7-14H,4-6H2,1-3H3,(H,27,28). The maximum Gasteiger partial charge on any atom is 0.335 e. The van der Waals surface area contributed by atoms with Crippen LogP contribution in [0.15, 0.2) is 52.4 Å². The summed E-state index contributed by atoms with van der Waals surface area (Å²) in [6.45, 7) is 7.22. The Hall–Kier alpha value is -3.26. The number of benzene rings is 2. The summed E-state index contributed by atoms with van der Waals surface area (Å²) < 4.78 is 11.3. The lowest BCUT2D eigenvalue weighted by Gasteiger charge is -2.12. The summed E-state index contributed by atoms with van der Waals surface area (Å²) in [6, 6.07) is 11.8. The average molecular weight is 441 g/mol. The van der Waals surface area contributed by atoms with E-state index in [2.05, 4.69) is 4.99 Å². The van der Waals surface area contributed by atoms with Crippen molar-refractivity contribution in [2.24, 2.45) is 4.99 Å². The third-order valence-electron chi connectivity index (χ3n) is 4.41. The van der Waals surface area contributed by atoms with Crippen molar-refractivity contribution in [3.05, 3.63) is 58.5 Å². The Labute approximate surface area is 185 Å². The van der Waals surface area contributed by atoms with Crippen molar-refractivity contribution >= 4 is 40.6 Å². The van der Waals surface area contributed by atoms with Gasteiger partial charge < -0.3 is 14.6 Å². The molecule has 0 saturated carbocycles. The molecule has 1 aliphatic rings. The Bertz CT molecular complexity index is 1030. The number of ether oxygens (including phenoxy) is 2. The fourth-order valence-corrected chi connectivity index (χ4v) is 4.03. The largest absolute Gasteiger partial charge is 0.490 e. The van der Waals surface area contributed by atoms with Crippen LogP contribution in [0.1, 0.15) is 36.7 Å². The molecule has 0 spiro atoms. The Morgan fingerprint density at radius 2 is 1.74 bits per heavy atom. The number of aromatic carboxylic acids is 1. The summed E-state index contributed by atoms with van der Waals surface area (Å²) in [7, 11) is 0. The molecule has 31 heavy (non-hydrogen) atoms. The number of carboxylic acids is 1. The molecule has 0 atom stereocenters. The van der Waals surface area contributed by atoms with Gasteiger partial charge in [0, 0.05) is 6.54 Å². The third-order valence-corrected chi connectivity index (χ3v) is 5.42. The molecular weight excluding hydrogens is 416 g/mol. The number of hydrogen-bond donors (Lipinski definition) is 1. The van der Waals surface area contributed by atoms with Crippen LogP contribution in [0.3, 0.4) is 0 Å². The number of nitrogens with zero attached hydrogens (tertiary/aromatic N) is 2. The molecule has 0 unspecified atom stereocenters. The molecule has 1 N–H and O–H groups in total. The van der Waals surface area contributed by atoms with Crippen LogP contribution in [0.4, 0.5) is 5.69 Å². The minimum Gasteiger partial charge on any atom is -0.490 e. The minimum atomic E-state index is -0.994. The number of amidine groups is 1. The van der Waals surface area contributed by atoms with Crippen molar-refractivity contribution in [3.8, 4) is 11.5 Å². The molecule has 2 aromatic carbocycles. The second kappa shape index (κ2) is 10.2. The predicted molar refractivity (Wildman–Crippen MR) is 122 cm³/mol. The first kappa shape index (κ1) is 22.4. The Morgan fingerprint density at radius 3 is 2.35 bits per heavy atom. The monoisotopic (exact) mass is 440 g/mol. The highest BCUT2D eigenvalue weighted by Crippen LogP contribution is 2.35. The molecule has 1 aliphatic heterocycles. The summed E-state index contributed by atoms with van der Waals surface area (Å²) in [5.41, 5.74) is 1.60. The zero-order chi connectivity index (χ0) is 22.4. The number of aliphatic imine (C=N–C) groups is 1. The number of carbonyl (C=O) groups excluding carboxylic acids is 1.